The predicted octanol–water partition coefficient (Wildman–Crippen LogP) is 2.82. The molecule has 10 heteroatoms. The summed E-state index contributed by atoms with van der Waals surface area (Å²) < 4.78 is 29.7. The van der Waals surface area contributed by atoms with Crippen LogP contribution in [0.2, 0.25) is 0 Å². The number of thiazole rings is 1. The number of nitrogens with zero attached hydrogens (tertiary/aromatic N) is 4. The third-order valence-corrected chi connectivity index (χ3v) is 7.03. The zero-order chi connectivity index (χ0) is 21.1. The first-order valence-electron chi connectivity index (χ1n) is 8.86. The van der Waals surface area contributed by atoms with Crippen molar-refractivity contribution in [1.82, 2.24) is 14.8 Å². The minimum absolute atomic E-state index is 0.0472. The van der Waals surface area contributed by atoms with Crippen LogP contribution < -0.4 is 10.0 Å². The van der Waals surface area contributed by atoms with E-state index in [1.165, 1.54) is 39.9 Å². The highest BCUT2D eigenvalue weighted by molar-refractivity contribution is 7.93. The molecule has 0 atom stereocenters. The number of aromatic nitrogens is 3. The van der Waals surface area contributed by atoms with Crippen molar-refractivity contribution in [1.29, 1.82) is 0 Å². The fraction of sp³-hybridized carbons (Fsp3) is 0.0500. The number of primary amides is 1. The first-order valence-corrected chi connectivity index (χ1v) is 11.2. The van der Waals surface area contributed by atoms with Crippen LogP contribution in [0.25, 0.3) is 5.69 Å². The molecule has 4 rings (SSSR count). The Kier molecular flexibility index (Phi) is 5.34. The first kappa shape index (κ1) is 19.8. The van der Waals surface area contributed by atoms with Crippen molar-refractivity contribution < 1.29 is 13.2 Å². The van der Waals surface area contributed by atoms with Gasteiger partial charge in [-0.25, -0.2) is 22.4 Å². The van der Waals surface area contributed by atoms with E-state index < -0.39 is 15.9 Å². The topological polar surface area (TPSA) is 111 Å². The van der Waals surface area contributed by atoms with Crippen LogP contribution in [0.3, 0.4) is 0 Å². The highest BCUT2D eigenvalue weighted by atomic mass is 32.2. The highest BCUT2D eigenvalue weighted by Gasteiger charge is 2.27. The molecule has 4 aromatic rings. The summed E-state index contributed by atoms with van der Waals surface area (Å²) in [6.45, 7) is 0.0858. The molecule has 0 aliphatic heterocycles. The third kappa shape index (κ3) is 3.95. The molecule has 2 heterocycles. The molecular weight excluding hydrogens is 422 g/mol. The Morgan fingerprint density at radius 2 is 1.90 bits per heavy atom. The number of nitrogens with two attached hydrogens (primary N) is 1. The third-order valence-electron chi connectivity index (χ3n) is 4.37. The molecule has 0 saturated carbocycles. The number of rotatable bonds is 7. The van der Waals surface area contributed by atoms with Crippen molar-refractivity contribution in [2.45, 2.75) is 11.4 Å². The smallest absolute Gasteiger partial charge is 0.266 e. The fourth-order valence-electron chi connectivity index (χ4n) is 2.90. The van der Waals surface area contributed by atoms with Gasteiger partial charge in [0, 0.05) is 29.5 Å². The van der Waals surface area contributed by atoms with E-state index in [1.54, 1.807) is 22.5 Å². The Morgan fingerprint density at radius 1 is 1.10 bits per heavy atom. The Hall–Kier alpha value is -3.50. The molecular formula is C20H17N5O3S2. The molecule has 2 N–H and O–H groups in total. The lowest BCUT2D eigenvalue weighted by atomic mass is 10.2. The summed E-state index contributed by atoms with van der Waals surface area (Å²) in [5, 5.41) is 6.27. The number of hydrogen-bond acceptors (Lipinski definition) is 6. The number of sulfonamides is 1. The molecule has 0 bridgehead atoms. The van der Waals surface area contributed by atoms with Crippen LogP contribution >= 0.6 is 11.3 Å². The van der Waals surface area contributed by atoms with E-state index in [0.29, 0.717) is 5.13 Å². The maximum absolute atomic E-state index is 13.4. The summed E-state index contributed by atoms with van der Waals surface area (Å²) >= 11 is 1.23. The lowest BCUT2D eigenvalue weighted by Gasteiger charge is -2.22. The largest absolute Gasteiger partial charge is 0.366 e. The molecule has 152 valence electrons. The lowest BCUT2D eigenvalue weighted by molar-refractivity contribution is 0.1000. The van der Waals surface area contributed by atoms with E-state index in [1.807, 2.05) is 36.5 Å². The molecule has 2 aromatic heterocycles. The summed E-state index contributed by atoms with van der Waals surface area (Å²) in [6, 6.07) is 14.8. The van der Waals surface area contributed by atoms with Crippen LogP contribution in [0.5, 0.6) is 0 Å². The van der Waals surface area contributed by atoms with E-state index >= 15 is 0 Å². The van der Waals surface area contributed by atoms with E-state index in [2.05, 4.69) is 10.1 Å². The van der Waals surface area contributed by atoms with Gasteiger partial charge in [-0.05, 0) is 48.0 Å². The molecule has 30 heavy (non-hydrogen) atoms. The molecule has 0 aliphatic carbocycles. The van der Waals surface area contributed by atoms with Crippen molar-refractivity contribution in [3.8, 4) is 5.69 Å². The molecule has 0 unspecified atom stereocenters. The molecule has 0 spiro atoms. The molecule has 0 saturated heterocycles. The van der Waals surface area contributed by atoms with Crippen LogP contribution in [0.4, 0.5) is 5.13 Å². The number of hydrogen-bond donors (Lipinski definition) is 1. The van der Waals surface area contributed by atoms with Crippen molar-refractivity contribution in [3.63, 3.8) is 0 Å². The number of benzene rings is 2. The van der Waals surface area contributed by atoms with Crippen LogP contribution in [0, 0.1) is 0 Å². The van der Waals surface area contributed by atoms with Gasteiger partial charge in [0.05, 0.1) is 17.1 Å². The molecule has 1 amide bonds. The maximum Gasteiger partial charge on any atom is 0.266 e. The molecule has 2 aromatic carbocycles. The summed E-state index contributed by atoms with van der Waals surface area (Å²) in [5.74, 6) is -0.619. The lowest BCUT2D eigenvalue weighted by Crippen LogP contribution is -2.30. The predicted molar refractivity (Wildman–Crippen MR) is 114 cm³/mol. The minimum atomic E-state index is -3.92. The zero-order valence-electron chi connectivity index (χ0n) is 15.6. The normalized spacial score (nSPS) is 11.3. The molecule has 8 nitrogen and oxygen atoms in total. The summed E-state index contributed by atoms with van der Waals surface area (Å²) in [5.41, 5.74) is 7.08. The Morgan fingerprint density at radius 3 is 2.53 bits per heavy atom. The van der Waals surface area contributed by atoms with E-state index in [0.717, 1.165) is 11.3 Å². The van der Waals surface area contributed by atoms with Crippen molar-refractivity contribution in [3.05, 3.63) is 89.7 Å². The standard InChI is InChI=1S/C20H17N5O3S2/c21-19(26)16-5-7-18(8-6-16)30(27,28)25(20-22-10-12-29-20)14-15-3-1-4-17(13-15)24-11-2-9-23-24/h1-13H,14H2,(H2,21,26). The monoisotopic (exact) mass is 439 g/mol. The molecule has 0 fully saturated rings. The first-order chi connectivity index (χ1) is 14.4. The van der Waals surface area contributed by atoms with Gasteiger partial charge in [-0.2, -0.15) is 5.10 Å². The van der Waals surface area contributed by atoms with Gasteiger partial charge in [-0.3, -0.25) is 4.79 Å². The van der Waals surface area contributed by atoms with Crippen LogP contribution in [-0.2, 0) is 16.6 Å². The summed E-state index contributed by atoms with van der Waals surface area (Å²) in [7, 11) is -3.92. The van der Waals surface area contributed by atoms with Crippen LogP contribution in [-0.4, -0.2) is 29.1 Å². The van der Waals surface area contributed by atoms with Crippen molar-refractivity contribution in [2.75, 3.05) is 4.31 Å². The second-order valence-electron chi connectivity index (χ2n) is 6.34. The van der Waals surface area contributed by atoms with Gasteiger partial charge in [0.1, 0.15) is 0 Å². The number of amides is 1. The SMILES string of the molecule is NC(=O)c1ccc(S(=O)(=O)N(Cc2cccc(-n3cccn3)c2)c2nccs2)cc1. The van der Waals surface area contributed by atoms with Crippen LogP contribution in [0.1, 0.15) is 15.9 Å². The maximum atomic E-state index is 13.4. The fourth-order valence-corrected chi connectivity index (χ4v) is 5.17. The summed E-state index contributed by atoms with van der Waals surface area (Å²) in [6.07, 6.45) is 5.04. The van der Waals surface area contributed by atoms with Gasteiger partial charge < -0.3 is 5.73 Å². The van der Waals surface area contributed by atoms with E-state index in [-0.39, 0.29) is 17.0 Å². The van der Waals surface area contributed by atoms with Gasteiger partial charge in [-0.15, -0.1) is 11.3 Å². The van der Waals surface area contributed by atoms with Gasteiger partial charge in [0.15, 0.2) is 5.13 Å². The second-order valence-corrected chi connectivity index (χ2v) is 9.07. The van der Waals surface area contributed by atoms with Crippen molar-refractivity contribution >= 4 is 32.4 Å². The highest BCUT2D eigenvalue weighted by Crippen LogP contribution is 2.28. The van der Waals surface area contributed by atoms with Gasteiger partial charge in [-0.1, -0.05) is 12.1 Å². The number of anilines is 1. The molecule has 0 aliphatic rings. The minimum Gasteiger partial charge on any atom is -0.366 e. The Labute approximate surface area is 177 Å². The van der Waals surface area contributed by atoms with Gasteiger partial charge in [0.2, 0.25) is 5.91 Å². The average Bonchev–Trinajstić information content (AvgIpc) is 3.46. The summed E-state index contributed by atoms with van der Waals surface area (Å²) in [4.78, 5) is 15.5. The quantitative estimate of drug-likeness (QED) is 0.476. The Balaban J connectivity index is 1.71. The Bertz CT molecular complexity index is 1250. The van der Waals surface area contributed by atoms with Crippen LogP contribution in [0.15, 0.2) is 83.5 Å². The second kappa shape index (κ2) is 8.09. The molecule has 0 radical (unpaired) electrons. The number of carbonyl (C=O) groups is 1. The van der Waals surface area contributed by atoms with Crippen molar-refractivity contribution in [2.24, 2.45) is 5.73 Å². The van der Waals surface area contributed by atoms with Gasteiger partial charge in [0.25, 0.3) is 10.0 Å². The number of carbonyl (C=O) groups excluding carboxylic acids is 1. The van der Waals surface area contributed by atoms with Gasteiger partial charge >= 0.3 is 0 Å². The average molecular weight is 440 g/mol. The van der Waals surface area contributed by atoms with E-state index in [4.69, 9.17) is 5.73 Å². The zero-order valence-corrected chi connectivity index (χ0v) is 17.3. The van der Waals surface area contributed by atoms with E-state index in [9.17, 15) is 13.2 Å².